The van der Waals surface area contributed by atoms with Crippen molar-refractivity contribution in [3.8, 4) is 0 Å². The molecule has 4 saturated carbocycles. The Bertz CT molecular complexity index is 554. The maximum atomic E-state index is 12.6. The first-order chi connectivity index (χ1) is 11.0. The summed E-state index contributed by atoms with van der Waals surface area (Å²) in [7, 11) is 0. The Morgan fingerprint density at radius 3 is 2.39 bits per heavy atom. The Morgan fingerprint density at radius 2 is 1.70 bits per heavy atom. The maximum absolute atomic E-state index is 12.6. The third-order valence-corrected chi connectivity index (χ3v) is 6.94. The molecule has 0 saturated heterocycles. The lowest BCUT2D eigenvalue weighted by Crippen LogP contribution is -2.37. The zero-order valence-electron chi connectivity index (χ0n) is 14.0. The van der Waals surface area contributed by atoms with E-state index in [2.05, 4.69) is 6.58 Å². The molecular weight excluding hydrogens is 292 g/mol. The molecule has 0 aromatic carbocycles. The number of carbonyl (C=O) groups is 2. The van der Waals surface area contributed by atoms with E-state index in [9.17, 15) is 9.59 Å². The van der Waals surface area contributed by atoms with Gasteiger partial charge in [-0.05, 0) is 74.5 Å². The number of hydrogen-bond acceptors (Lipinski definition) is 4. The Balaban J connectivity index is 1.37. The molecule has 4 nitrogen and oxygen atoms in total. The molecule has 4 aliphatic carbocycles. The van der Waals surface area contributed by atoms with Crippen LogP contribution in [0.1, 0.15) is 46.0 Å². The molecular formula is C19H26O4. The fourth-order valence-electron chi connectivity index (χ4n) is 6.36. The van der Waals surface area contributed by atoms with Crippen LogP contribution in [0.25, 0.3) is 0 Å². The van der Waals surface area contributed by atoms with E-state index in [1.54, 1.807) is 13.8 Å². The lowest BCUT2D eigenvalue weighted by Gasteiger charge is -2.37. The monoisotopic (exact) mass is 318 g/mol. The SMILES string of the molecule is C=C(C)C(=O)OC(C)OC(=O)C1CC2CC1C1C3CCC(C3)C21. The van der Waals surface area contributed by atoms with E-state index in [1.807, 2.05) is 0 Å². The van der Waals surface area contributed by atoms with E-state index < -0.39 is 12.3 Å². The standard InChI is InChI=1S/C19H26O4/c1-9(2)18(20)22-10(3)23-19(21)15-8-13-7-14(15)17-12-5-4-11(6-12)16(13)17/h10-17H,1,4-8H2,2-3H3. The molecule has 0 heterocycles. The smallest absolute Gasteiger partial charge is 0.336 e. The quantitative estimate of drug-likeness (QED) is 0.345. The van der Waals surface area contributed by atoms with E-state index in [-0.39, 0.29) is 11.9 Å². The van der Waals surface area contributed by atoms with Crippen LogP contribution in [-0.2, 0) is 19.1 Å². The highest BCUT2D eigenvalue weighted by Crippen LogP contribution is 2.68. The highest BCUT2D eigenvalue weighted by atomic mass is 16.7. The second kappa shape index (κ2) is 5.35. The summed E-state index contributed by atoms with van der Waals surface area (Å²) < 4.78 is 10.5. The summed E-state index contributed by atoms with van der Waals surface area (Å²) in [6.07, 6.45) is 5.54. The average molecular weight is 318 g/mol. The van der Waals surface area contributed by atoms with Crippen LogP contribution in [0.15, 0.2) is 12.2 Å². The molecule has 8 unspecified atom stereocenters. The van der Waals surface area contributed by atoms with Gasteiger partial charge < -0.3 is 9.47 Å². The summed E-state index contributed by atoms with van der Waals surface area (Å²) >= 11 is 0. The van der Waals surface area contributed by atoms with Gasteiger partial charge in [0, 0.05) is 12.5 Å². The minimum atomic E-state index is -0.832. The normalized spacial score (nSPS) is 44.0. The van der Waals surface area contributed by atoms with Gasteiger partial charge in [0.05, 0.1) is 5.92 Å². The third kappa shape index (κ3) is 2.33. The number of rotatable bonds is 4. The summed E-state index contributed by atoms with van der Waals surface area (Å²) in [6.45, 7) is 6.73. The first-order valence-electron chi connectivity index (χ1n) is 9.02. The third-order valence-electron chi connectivity index (χ3n) is 6.94. The molecule has 4 bridgehead atoms. The van der Waals surface area contributed by atoms with Crippen molar-refractivity contribution < 1.29 is 19.1 Å². The van der Waals surface area contributed by atoms with Crippen molar-refractivity contribution in [2.24, 2.45) is 41.4 Å². The number of hydrogen-bond donors (Lipinski definition) is 0. The van der Waals surface area contributed by atoms with Crippen molar-refractivity contribution in [3.63, 3.8) is 0 Å². The van der Waals surface area contributed by atoms with Crippen molar-refractivity contribution in [1.29, 1.82) is 0 Å². The molecule has 0 amide bonds. The van der Waals surface area contributed by atoms with Gasteiger partial charge in [-0.1, -0.05) is 6.58 Å². The highest BCUT2D eigenvalue weighted by Gasteiger charge is 2.63. The van der Waals surface area contributed by atoms with Gasteiger partial charge in [0.15, 0.2) is 0 Å². The summed E-state index contributed by atoms with van der Waals surface area (Å²) in [5, 5.41) is 0. The van der Waals surface area contributed by atoms with Gasteiger partial charge in [0.2, 0.25) is 6.29 Å². The van der Waals surface area contributed by atoms with Crippen LogP contribution in [0.3, 0.4) is 0 Å². The first-order valence-corrected chi connectivity index (χ1v) is 9.02. The Labute approximate surface area is 137 Å². The van der Waals surface area contributed by atoms with Crippen LogP contribution in [-0.4, -0.2) is 18.2 Å². The van der Waals surface area contributed by atoms with Crippen LogP contribution in [0.2, 0.25) is 0 Å². The second-order valence-electron chi connectivity index (χ2n) is 8.18. The Kier molecular flexibility index (Phi) is 3.54. The van der Waals surface area contributed by atoms with E-state index in [0.29, 0.717) is 11.5 Å². The molecule has 4 fully saturated rings. The van der Waals surface area contributed by atoms with Crippen LogP contribution >= 0.6 is 0 Å². The number of carbonyl (C=O) groups excluding carboxylic acids is 2. The summed E-state index contributed by atoms with van der Waals surface area (Å²) in [5.74, 6) is 4.03. The molecule has 23 heavy (non-hydrogen) atoms. The van der Waals surface area contributed by atoms with E-state index in [0.717, 1.165) is 36.0 Å². The van der Waals surface area contributed by atoms with Crippen molar-refractivity contribution in [2.45, 2.75) is 52.2 Å². The molecule has 4 rings (SSSR count). The van der Waals surface area contributed by atoms with E-state index >= 15 is 0 Å². The van der Waals surface area contributed by atoms with Crippen LogP contribution in [0, 0.1) is 41.4 Å². The predicted octanol–water partition coefficient (Wildman–Crippen LogP) is 3.31. The van der Waals surface area contributed by atoms with Crippen molar-refractivity contribution in [1.82, 2.24) is 0 Å². The molecule has 0 radical (unpaired) electrons. The fourth-order valence-corrected chi connectivity index (χ4v) is 6.36. The zero-order chi connectivity index (χ0) is 16.3. The summed E-state index contributed by atoms with van der Waals surface area (Å²) in [4.78, 5) is 24.1. The van der Waals surface area contributed by atoms with Crippen molar-refractivity contribution in [2.75, 3.05) is 0 Å². The topological polar surface area (TPSA) is 52.6 Å². The number of ether oxygens (including phenoxy) is 2. The molecule has 126 valence electrons. The molecule has 0 aliphatic heterocycles. The molecule has 0 spiro atoms. The van der Waals surface area contributed by atoms with Gasteiger partial charge in [0.25, 0.3) is 0 Å². The highest BCUT2D eigenvalue weighted by molar-refractivity contribution is 5.87. The van der Waals surface area contributed by atoms with Gasteiger partial charge in [-0.3, -0.25) is 4.79 Å². The largest absolute Gasteiger partial charge is 0.425 e. The van der Waals surface area contributed by atoms with Crippen LogP contribution in [0.5, 0.6) is 0 Å². The first kappa shape index (κ1) is 15.2. The minimum Gasteiger partial charge on any atom is -0.425 e. The molecule has 0 aromatic rings. The average Bonchev–Trinajstić information content (AvgIpc) is 3.24. The molecule has 0 N–H and O–H groups in total. The summed E-state index contributed by atoms with van der Waals surface area (Å²) in [5.41, 5.74) is 0.317. The van der Waals surface area contributed by atoms with E-state index in [4.69, 9.17) is 9.47 Å². The Hall–Kier alpha value is -1.32. The fraction of sp³-hybridized carbons (Fsp3) is 0.789. The second-order valence-corrected chi connectivity index (χ2v) is 8.18. The van der Waals surface area contributed by atoms with Gasteiger partial charge in [-0.25, -0.2) is 4.79 Å². The van der Waals surface area contributed by atoms with Crippen molar-refractivity contribution >= 4 is 11.9 Å². The lowest BCUT2D eigenvalue weighted by atomic mass is 9.67. The lowest BCUT2D eigenvalue weighted by molar-refractivity contribution is -0.187. The van der Waals surface area contributed by atoms with Gasteiger partial charge >= 0.3 is 11.9 Å². The van der Waals surface area contributed by atoms with Crippen LogP contribution in [0.4, 0.5) is 0 Å². The maximum Gasteiger partial charge on any atom is 0.336 e. The number of esters is 2. The van der Waals surface area contributed by atoms with Gasteiger partial charge in [0.1, 0.15) is 0 Å². The van der Waals surface area contributed by atoms with Crippen molar-refractivity contribution in [3.05, 3.63) is 12.2 Å². The molecule has 4 heteroatoms. The summed E-state index contributed by atoms with van der Waals surface area (Å²) in [6, 6.07) is 0. The van der Waals surface area contributed by atoms with Gasteiger partial charge in [-0.15, -0.1) is 0 Å². The predicted molar refractivity (Wildman–Crippen MR) is 84.0 cm³/mol. The molecule has 4 aliphatic rings. The number of fused-ring (bicyclic) bond motifs is 9. The molecule has 0 aromatic heterocycles. The van der Waals surface area contributed by atoms with Gasteiger partial charge in [-0.2, -0.15) is 0 Å². The minimum absolute atomic E-state index is 0.0200. The van der Waals surface area contributed by atoms with Crippen LogP contribution < -0.4 is 0 Å². The Morgan fingerprint density at radius 1 is 1.00 bits per heavy atom. The van der Waals surface area contributed by atoms with E-state index in [1.165, 1.54) is 25.7 Å². The zero-order valence-corrected chi connectivity index (χ0v) is 14.0. The molecule has 8 atom stereocenters.